The van der Waals surface area contributed by atoms with Gasteiger partial charge in [-0.25, -0.2) is 8.78 Å². The lowest BCUT2D eigenvalue weighted by Crippen LogP contribution is -2.42. The van der Waals surface area contributed by atoms with Gasteiger partial charge in [0.2, 0.25) is 0 Å². The van der Waals surface area contributed by atoms with Crippen molar-refractivity contribution in [3.05, 3.63) is 34.9 Å². The third-order valence-electron chi connectivity index (χ3n) is 3.60. The van der Waals surface area contributed by atoms with Crippen molar-refractivity contribution in [1.29, 1.82) is 0 Å². The number of aliphatic hydroxyl groups is 1. The second-order valence-corrected chi connectivity index (χ2v) is 4.92. The van der Waals surface area contributed by atoms with Crippen molar-refractivity contribution in [3.8, 4) is 0 Å². The number of aliphatic hydroxyl groups excluding tert-OH is 1. The van der Waals surface area contributed by atoms with Crippen LogP contribution in [0.1, 0.15) is 34.1 Å². The van der Waals surface area contributed by atoms with E-state index in [1.54, 1.807) is 0 Å². The molecule has 6 nitrogen and oxygen atoms in total. The molecule has 22 heavy (non-hydrogen) atoms. The predicted octanol–water partition coefficient (Wildman–Crippen LogP) is 1.03. The van der Waals surface area contributed by atoms with Gasteiger partial charge in [0.15, 0.2) is 0 Å². The van der Waals surface area contributed by atoms with E-state index in [4.69, 9.17) is 5.11 Å². The maximum Gasteiger partial charge on any atom is 0.310 e. The maximum absolute atomic E-state index is 13.7. The van der Waals surface area contributed by atoms with E-state index in [-0.39, 0.29) is 6.42 Å². The molecule has 2 unspecified atom stereocenters. The van der Waals surface area contributed by atoms with Crippen LogP contribution in [0.25, 0.3) is 0 Å². The van der Waals surface area contributed by atoms with Crippen molar-refractivity contribution >= 4 is 17.8 Å². The summed E-state index contributed by atoms with van der Waals surface area (Å²) in [5.41, 5.74) is -1.42. The van der Waals surface area contributed by atoms with Gasteiger partial charge in [0.05, 0.1) is 17.2 Å². The zero-order valence-electron chi connectivity index (χ0n) is 11.5. The third-order valence-corrected chi connectivity index (χ3v) is 3.60. The van der Waals surface area contributed by atoms with Crippen LogP contribution in [0.5, 0.6) is 0 Å². The van der Waals surface area contributed by atoms with Crippen LogP contribution >= 0.6 is 0 Å². The maximum atomic E-state index is 13.7. The van der Waals surface area contributed by atoms with Gasteiger partial charge in [-0.2, -0.15) is 0 Å². The monoisotopic (exact) mass is 313 g/mol. The van der Waals surface area contributed by atoms with E-state index in [2.05, 4.69) is 0 Å². The number of carbonyl (C=O) groups is 3. The summed E-state index contributed by atoms with van der Waals surface area (Å²) in [5, 5.41) is 18.7. The van der Waals surface area contributed by atoms with Crippen molar-refractivity contribution in [2.75, 3.05) is 6.54 Å². The average molecular weight is 313 g/mol. The van der Waals surface area contributed by atoms with Crippen LogP contribution in [0.2, 0.25) is 0 Å². The molecule has 0 bridgehead atoms. The summed E-state index contributed by atoms with van der Waals surface area (Å²) in [5.74, 6) is -7.16. The lowest BCUT2D eigenvalue weighted by molar-refractivity contribution is -0.146. The molecule has 2 rings (SSSR count). The molecule has 8 heteroatoms. The van der Waals surface area contributed by atoms with Gasteiger partial charge >= 0.3 is 5.97 Å². The van der Waals surface area contributed by atoms with E-state index >= 15 is 0 Å². The van der Waals surface area contributed by atoms with Crippen molar-refractivity contribution in [2.45, 2.75) is 19.4 Å². The van der Waals surface area contributed by atoms with Crippen molar-refractivity contribution in [2.24, 2.45) is 5.92 Å². The SMILES string of the molecule is CCC(O)C(CN1C(=O)c2c(F)ccc(F)c2C1=O)C(=O)O. The number of fused-ring (bicyclic) bond motifs is 1. The highest BCUT2D eigenvalue weighted by atomic mass is 19.1. The molecule has 1 aliphatic heterocycles. The first-order valence-electron chi connectivity index (χ1n) is 6.54. The molecule has 0 fully saturated rings. The molecular weight excluding hydrogens is 300 g/mol. The number of carboxylic acid groups (broad SMARTS) is 1. The Balaban J connectivity index is 2.38. The summed E-state index contributed by atoms with van der Waals surface area (Å²) in [6.45, 7) is 0.873. The summed E-state index contributed by atoms with van der Waals surface area (Å²) in [6.07, 6.45) is -1.21. The minimum absolute atomic E-state index is 0.0862. The predicted molar refractivity (Wildman–Crippen MR) is 69.1 cm³/mol. The van der Waals surface area contributed by atoms with Crippen molar-refractivity contribution in [3.63, 3.8) is 0 Å². The lowest BCUT2D eigenvalue weighted by Gasteiger charge is -2.22. The zero-order valence-corrected chi connectivity index (χ0v) is 11.5. The van der Waals surface area contributed by atoms with Crippen LogP contribution in [0.3, 0.4) is 0 Å². The molecule has 0 radical (unpaired) electrons. The summed E-state index contributed by atoms with van der Waals surface area (Å²) in [7, 11) is 0. The van der Waals surface area contributed by atoms with E-state index < -0.39 is 59.1 Å². The first-order valence-corrected chi connectivity index (χ1v) is 6.54. The largest absolute Gasteiger partial charge is 0.481 e. The van der Waals surface area contributed by atoms with Crippen molar-refractivity contribution in [1.82, 2.24) is 4.90 Å². The standard InChI is InChI=1S/C14H13F2NO5/c1-2-9(18)6(14(21)22)5-17-12(19)10-7(15)3-4-8(16)11(10)13(17)20/h3-4,6,9,18H,2,5H2,1H3,(H,21,22). The number of nitrogens with zero attached hydrogens (tertiary/aromatic N) is 1. The minimum Gasteiger partial charge on any atom is -0.481 e. The molecule has 0 aromatic heterocycles. The zero-order chi connectivity index (χ0) is 16.6. The highest BCUT2D eigenvalue weighted by molar-refractivity contribution is 6.21. The molecule has 1 heterocycles. The number of hydrogen-bond acceptors (Lipinski definition) is 4. The molecule has 2 amide bonds. The lowest BCUT2D eigenvalue weighted by atomic mass is 10.00. The average Bonchev–Trinajstić information content (AvgIpc) is 2.72. The molecule has 0 spiro atoms. The number of hydrogen-bond donors (Lipinski definition) is 2. The van der Waals surface area contributed by atoms with E-state index in [0.717, 1.165) is 12.1 Å². The second-order valence-electron chi connectivity index (χ2n) is 4.92. The van der Waals surface area contributed by atoms with Gasteiger partial charge in [0, 0.05) is 6.54 Å². The Labute approximate surface area is 124 Å². The summed E-state index contributed by atoms with van der Waals surface area (Å²) in [6, 6.07) is 1.44. The third kappa shape index (κ3) is 2.45. The fraction of sp³-hybridized carbons (Fsp3) is 0.357. The number of carbonyl (C=O) groups excluding carboxylic acids is 2. The van der Waals surface area contributed by atoms with Gasteiger partial charge in [-0.3, -0.25) is 19.3 Å². The number of amides is 2. The molecule has 118 valence electrons. The van der Waals surface area contributed by atoms with Gasteiger partial charge in [-0.15, -0.1) is 0 Å². The van der Waals surface area contributed by atoms with Crippen LogP contribution in [-0.4, -0.2) is 45.5 Å². The van der Waals surface area contributed by atoms with Crippen LogP contribution in [0.15, 0.2) is 12.1 Å². The number of carboxylic acids is 1. The van der Waals surface area contributed by atoms with Gasteiger partial charge in [-0.05, 0) is 18.6 Å². The van der Waals surface area contributed by atoms with E-state index in [0.29, 0.717) is 4.90 Å². The molecule has 0 aliphatic carbocycles. The molecular formula is C14H13F2NO5. The van der Waals surface area contributed by atoms with Crippen LogP contribution in [0.4, 0.5) is 8.78 Å². The van der Waals surface area contributed by atoms with Crippen LogP contribution in [-0.2, 0) is 4.79 Å². The first kappa shape index (κ1) is 16.0. The Kier molecular flexibility index (Phi) is 4.23. The fourth-order valence-corrected chi connectivity index (χ4v) is 2.34. The Morgan fingerprint density at radius 2 is 1.64 bits per heavy atom. The Morgan fingerprint density at radius 3 is 2.00 bits per heavy atom. The summed E-state index contributed by atoms with van der Waals surface area (Å²) in [4.78, 5) is 35.7. The summed E-state index contributed by atoms with van der Waals surface area (Å²) >= 11 is 0. The van der Waals surface area contributed by atoms with Crippen LogP contribution in [0, 0.1) is 17.6 Å². The van der Waals surface area contributed by atoms with E-state index in [1.165, 1.54) is 6.92 Å². The molecule has 2 N–H and O–H groups in total. The van der Waals surface area contributed by atoms with Gasteiger partial charge < -0.3 is 10.2 Å². The molecule has 0 saturated carbocycles. The number of halogens is 2. The number of imide groups is 1. The second kappa shape index (κ2) is 5.80. The van der Waals surface area contributed by atoms with Gasteiger partial charge in [0.25, 0.3) is 11.8 Å². The normalized spacial score (nSPS) is 16.6. The summed E-state index contributed by atoms with van der Waals surface area (Å²) < 4.78 is 27.3. The molecule has 1 aromatic carbocycles. The quantitative estimate of drug-likeness (QED) is 0.792. The number of benzene rings is 1. The minimum atomic E-state index is -1.43. The number of aliphatic carboxylic acids is 1. The highest BCUT2D eigenvalue weighted by Crippen LogP contribution is 2.28. The number of rotatable bonds is 5. The molecule has 1 aromatic rings. The van der Waals surface area contributed by atoms with Crippen molar-refractivity contribution < 1.29 is 33.4 Å². The van der Waals surface area contributed by atoms with Gasteiger partial charge in [-0.1, -0.05) is 6.92 Å². The van der Waals surface area contributed by atoms with Crippen LogP contribution < -0.4 is 0 Å². The highest BCUT2D eigenvalue weighted by Gasteiger charge is 2.43. The fourth-order valence-electron chi connectivity index (χ4n) is 2.34. The first-order chi connectivity index (χ1) is 10.3. The molecule has 1 aliphatic rings. The smallest absolute Gasteiger partial charge is 0.310 e. The Morgan fingerprint density at radius 1 is 1.18 bits per heavy atom. The van der Waals surface area contributed by atoms with E-state index in [9.17, 15) is 28.3 Å². The molecule has 2 atom stereocenters. The van der Waals surface area contributed by atoms with E-state index in [1.807, 2.05) is 0 Å². The van der Waals surface area contributed by atoms with Gasteiger partial charge in [0.1, 0.15) is 17.6 Å². The molecule has 0 saturated heterocycles. The Bertz CT molecular complexity index is 620. The Hall–Kier alpha value is -2.35. The topological polar surface area (TPSA) is 94.9 Å².